The monoisotopic (exact) mass is 302 g/mol. The van der Waals surface area contributed by atoms with Crippen molar-refractivity contribution in [3.05, 3.63) is 11.7 Å². The predicted molar refractivity (Wildman–Crippen MR) is 74.7 cm³/mol. The van der Waals surface area contributed by atoms with Crippen LogP contribution in [0.4, 0.5) is 0 Å². The molecule has 2 heterocycles. The van der Waals surface area contributed by atoms with E-state index in [1.54, 1.807) is 11.2 Å². The van der Waals surface area contributed by atoms with Crippen LogP contribution in [-0.2, 0) is 16.4 Å². The number of hydrogen-bond acceptors (Lipinski definition) is 6. The standard InChI is InChI=1S/C12H22N4O3S/c1-10-14-12(19-15-10)5-6-13-8-11-4-3-7-16(9-11)20(2,17)18/h11,13H,3-9H2,1-2H3. The van der Waals surface area contributed by atoms with Gasteiger partial charge in [-0.2, -0.15) is 4.98 Å². The first-order valence-electron chi connectivity index (χ1n) is 6.90. The Kier molecular flexibility index (Phi) is 5.11. The number of piperidine rings is 1. The van der Waals surface area contributed by atoms with Gasteiger partial charge < -0.3 is 9.84 Å². The van der Waals surface area contributed by atoms with Crippen LogP contribution in [0, 0.1) is 12.8 Å². The SMILES string of the molecule is Cc1noc(CCNCC2CCCN(S(C)(=O)=O)C2)n1. The second kappa shape index (κ2) is 6.64. The largest absolute Gasteiger partial charge is 0.339 e. The van der Waals surface area contributed by atoms with Crippen molar-refractivity contribution >= 4 is 10.0 Å². The first kappa shape index (κ1) is 15.4. The number of hydrogen-bond donors (Lipinski definition) is 1. The van der Waals surface area contributed by atoms with Crippen molar-refractivity contribution in [3.8, 4) is 0 Å². The second-order valence-electron chi connectivity index (χ2n) is 5.32. The average molecular weight is 302 g/mol. The molecule has 0 saturated carbocycles. The van der Waals surface area contributed by atoms with Gasteiger partial charge in [-0.3, -0.25) is 0 Å². The molecule has 1 N–H and O–H groups in total. The number of rotatable bonds is 6. The van der Waals surface area contributed by atoms with E-state index in [-0.39, 0.29) is 0 Å². The van der Waals surface area contributed by atoms with E-state index in [1.807, 2.05) is 0 Å². The molecule has 1 fully saturated rings. The molecule has 1 aromatic heterocycles. The topological polar surface area (TPSA) is 88.3 Å². The molecule has 20 heavy (non-hydrogen) atoms. The van der Waals surface area contributed by atoms with Crippen LogP contribution in [-0.4, -0.2) is 55.3 Å². The van der Waals surface area contributed by atoms with Crippen molar-refractivity contribution in [2.24, 2.45) is 5.92 Å². The molecule has 114 valence electrons. The van der Waals surface area contributed by atoms with Gasteiger partial charge in [-0.05, 0) is 32.2 Å². The minimum absolute atomic E-state index is 0.378. The van der Waals surface area contributed by atoms with E-state index in [0.717, 1.165) is 25.9 Å². The maximum atomic E-state index is 11.5. The molecule has 1 atom stereocenters. The molecular formula is C12H22N4O3S. The highest BCUT2D eigenvalue weighted by molar-refractivity contribution is 7.88. The fourth-order valence-electron chi connectivity index (χ4n) is 2.44. The summed E-state index contributed by atoms with van der Waals surface area (Å²) in [4.78, 5) is 4.13. The van der Waals surface area contributed by atoms with E-state index < -0.39 is 10.0 Å². The zero-order valence-corrected chi connectivity index (χ0v) is 12.8. The Labute approximate surface area is 119 Å². The maximum absolute atomic E-state index is 11.5. The van der Waals surface area contributed by atoms with Gasteiger partial charge in [0.25, 0.3) is 0 Å². The Balaban J connectivity index is 1.69. The second-order valence-corrected chi connectivity index (χ2v) is 7.30. The summed E-state index contributed by atoms with van der Waals surface area (Å²) in [7, 11) is -3.06. The molecule has 7 nitrogen and oxygen atoms in total. The Hall–Kier alpha value is -0.990. The number of aryl methyl sites for hydroxylation is 1. The molecule has 0 aromatic carbocycles. The van der Waals surface area contributed by atoms with Gasteiger partial charge in [-0.15, -0.1) is 0 Å². The molecule has 8 heteroatoms. The zero-order valence-electron chi connectivity index (χ0n) is 12.0. The van der Waals surface area contributed by atoms with Gasteiger partial charge in [0.1, 0.15) is 0 Å². The Bertz CT molecular complexity index is 529. The lowest BCUT2D eigenvalue weighted by Crippen LogP contribution is -2.42. The molecule has 1 unspecified atom stereocenters. The van der Waals surface area contributed by atoms with Crippen LogP contribution in [0.1, 0.15) is 24.6 Å². The summed E-state index contributed by atoms with van der Waals surface area (Å²) in [5, 5.41) is 7.07. The molecule has 0 bridgehead atoms. The molecule has 0 amide bonds. The normalized spacial score (nSPS) is 21.2. The van der Waals surface area contributed by atoms with Crippen LogP contribution in [0.3, 0.4) is 0 Å². The quantitative estimate of drug-likeness (QED) is 0.754. The molecule has 0 spiro atoms. The van der Waals surface area contributed by atoms with Gasteiger partial charge in [-0.25, -0.2) is 12.7 Å². The minimum Gasteiger partial charge on any atom is -0.339 e. The van der Waals surface area contributed by atoms with Gasteiger partial charge in [0.05, 0.1) is 6.26 Å². The van der Waals surface area contributed by atoms with Gasteiger partial charge >= 0.3 is 0 Å². The van der Waals surface area contributed by atoms with E-state index in [4.69, 9.17) is 4.52 Å². The summed E-state index contributed by atoms with van der Waals surface area (Å²) < 4.78 is 29.7. The highest BCUT2D eigenvalue weighted by Crippen LogP contribution is 2.17. The maximum Gasteiger partial charge on any atom is 0.227 e. The van der Waals surface area contributed by atoms with Crippen molar-refractivity contribution in [2.45, 2.75) is 26.2 Å². The fraction of sp³-hybridized carbons (Fsp3) is 0.833. The molecule has 1 aromatic rings. The van der Waals surface area contributed by atoms with E-state index in [2.05, 4.69) is 15.5 Å². The highest BCUT2D eigenvalue weighted by Gasteiger charge is 2.25. The Morgan fingerprint density at radius 1 is 1.50 bits per heavy atom. The predicted octanol–water partition coefficient (Wildman–Crippen LogP) is 0.182. The third kappa shape index (κ3) is 4.53. The lowest BCUT2D eigenvalue weighted by atomic mass is 10.00. The van der Waals surface area contributed by atoms with E-state index in [9.17, 15) is 8.42 Å². The minimum atomic E-state index is -3.06. The van der Waals surface area contributed by atoms with E-state index in [1.165, 1.54) is 6.26 Å². The molecule has 2 rings (SSSR count). The van der Waals surface area contributed by atoms with Crippen LogP contribution in [0.2, 0.25) is 0 Å². The average Bonchev–Trinajstić information content (AvgIpc) is 2.80. The Morgan fingerprint density at radius 2 is 2.30 bits per heavy atom. The summed E-state index contributed by atoms with van der Waals surface area (Å²) in [6.07, 6.45) is 3.98. The van der Waals surface area contributed by atoms with Gasteiger partial charge in [0.2, 0.25) is 15.9 Å². The third-order valence-corrected chi connectivity index (χ3v) is 4.74. The van der Waals surface area contributed by atoms with Gasteiger partial charge in [0.15, 0.2) is 5.82 Å². The Morgan fingerprint density at radius 3 is 2.95 bits per heavy atom. The lowest BCUT2D eigenvalue weighted by Gasteiger charge is -2.31. The summed E-state index contributed by atoms with van der Waals surface area (Å²) in [5.74, 6) is 1.66. The van der Waals surface area contributed by atoms with Crippen LogP contribution in [0.5, 0.6) is 0 Å². The van der Waals surface area contributed by atoms with Crippen molar-refractivity contribution < 1.29 is 12.9 Å². The van der Waals surface area contributed by atoms with Crippen LogP contribution in [0.25, 0.3) is 0 Å². The molecular weight excluding hydrogens is 280 g/mol. The number of nitrogens with zero attached hydrogens (tertiary/aromatic N) is 3. The van der Waals surface area contributed by atoms with Crippen molar-refractivity contribution in [1.82, 2.24) is 19.8 Å². The fourth-order valence-corrected chi connectivity index (χ4v) is 3.38. The molecule has 1 aliphatic rings. The van der Waals surface area contributed by atoms with Crippen molar-refractivity contribution in [3.63, 3.8) is 0 Å². The first-order chi connectivity index (χ1) is 9.45. The zero-order chi connectivity index (χ0) is 14.6. The van der Waals surface area contributed by atoms with E-state index >= 15 is 0 Å². The number of sulfonamides is 1. The van der Waals surface area contributed by atoms with Crippen LogP contribution >= 0.6 is 0 Å². The third-order valence-electron chi connectivity index (χ3n) is 3.47. The summed E-state index contributed by atoms with van der Waals surface area (Å²) >= 11 is 0. The molecule has 1 saturated heterocycles. The van der Waals surface area contributed by atoms with Crippen molar-refractivity contribution in [1.29, 1.82) is 0 Å². The van der Waals surface area contributed by atoms with Gasteiger partial charge in [0, 0.05) is 26.1 Å². The van der Waals surface area contributed by atoms with Crippen LogP contribution in [0.15, 0.2) is 4.52 Å². The smallest absolute Gasteiger partial charge is 0.227 e. The lowest BCUT2D eigenvalue weighted by molar-refractivity contribution is 0.261. The molecule has 1 aliphatic heterocycles. The van der Waals surface area contributed by atoms with Gasteiger partial charge in [-0.1, -0.05) is 5.16 Å². The van der Waals surface area contributed by atoms with E-state index in [0.29, 0.717) is 37.1 Å². The molecule has 0 radical (unpaired) electrons. The molecule has 0 aliphatic carbocycles. The number of nitrogens with one attached hydrogen (secondary N) is 1. The number of aromatic nitrogens is 2. The van der Waals surface area contributed by atoms with Crippen LogP contribution < -0.4 is 5.32 Å². The summed E-state index contributed by atoms with van der Waals surface area (Å²) in [5.41, 5.74) is 0. The summed E-state index contributed by atoms with van der Waals surface area (Å²) in [6.45, 7) is 4.64. The van der Waals surface area contributed by atoms with Crippen molar-refractivity contribution in [2.75, 3.05) is 32.4 Å². The first-order valence-corrected chi connectivity index (χ1v) is 8.75. The highest BCUT2D eigenvalue weighted by atomic mass is 32.2. The summed E-state index contributed by atoms with van der Waals surface area (Å²) in [6, 6.07) is 0.